The molecule has 4 nitrogen and oxygen atoms in total. The molecule has 0 aliphatic rings. The third-order valence-corrected chi connectivity index (χ3v) is 2.21. The van der Waals surface area contributed by atoms with E-state index in [1.807, 2.05) is 6.92 Å². The summed E-state index contributed by atoms with van der Waals surface area (Å²) in [6, 6.07) is 0. The number of nitrogens with two attached hydrogens (primary N) is 1. The maximum absolute atomic E-state index is 11.5. The Balaban J connectivity index is 3.55. The van der Waals surface area contributed by atoms with Crippen molar-refractivity contribution in [3.8, 4) is 0 Å². The summed E-state index contributed by atoms with van der Waals surface area (Å²) in [6.07, 6.45) is 1.88. The number of hydrogen-bond acceptors (Lipinski definition) is 3. The second-order valence-electron chi connectivity index (χ2n) is 3.33. The van der Waals surface area contributed by atoms with Crippen LogP contribution in [0.1, 0.15) is 26.2 Å². The molecule has 0 aliphatic heterocycles. The minimum Gasteiger partial charge on any atom is -0.393 e. The molecule has 1 amide bonds. The Kier molecular flexibility index (Phi) is 8.22. The Morgan fingerprint density at radius 1 is 1.47 bits per heavy atom. The van der Waals surface area contributed by atoms with E-state index >= 15 is 0 Å². The van der Waals surface area contributed by atoms with Crippen LogP contribution >= 0.6 is 12.2 Å². The summed E-state index contributed by atoms with van der Waals surface area (Å²) in [5, 5.41) is 0. The SMILES string of the molecule is CCOCCCC(=O)N(C)CCC(N)=S. The van der Waals surface area contributed by atoms with Crippen molar-refractivity contribution in [2.24, 2.45) is 5.73 Å². The molecule has 15 heavy (non-hydrogen) atoms. The Bertz CT molecular complexity index is 210. The topological polar surface area (TPSA) is 55.6 Å². The molecule has 5 heteroatoms. The molecule has 0 atom stereocenters. The van der Waals surface area contributed by atoms with E-state index in [4.69, 9.17) is 22.7 Å². The minimum absolute atomic E-state index is 0.117. The second kappa shape index (κ2) is 8.61. The maximum atomic E-state index is 11.5. The fourth-order valence-electron chi connectivity index (χ4n) is 1.06. The third-order valence-electron chi connectivity index (χ3n) is 2.00. The van der Waals surface area contributed by atoms with Gasteiger partial charge in [0.05, 0.1) is 4.99 Å². The lowest BCUT2D eigenvalue weighted by atomic mass is 10.3. The molecule has 0 fully saturated rings. The van der Waals surface area contributed by atoms with E-state index in [0.29, 0.717) is 37.6 Å². The van der Waals surface area contributed by atoms with Gasteiger partial charge in [-0.3, -0.25) is 4.79 Å². The van der Waals surface area contributed by atoms with E-state index in [9.17, 15) is 4.79 Å². The molecular formula is C10H20N2O2S. The lowest BCUT2D eigenvalue weighted by molar-refractivity contribution is -0.130. The normalized spacial score (nSPS) is 10.0. The number of rotatable bonds is 8. The predicted octanol–water partition coefficient (Wildman–Crippen LogP) is 0.938. The largest absolute Gasteiger partial charge is 0.393 e. The fraction of sp³-hybridized carbons (Fsp3) is 0.800. The molecule has 0 bridgehead atoms. The Morgan fingerprint density at radius 3 is 2.67 bits per heavy atom. The Hall–Kier alpha value is -0.680. The van der Waals surface area contributed by atoms with E-state index in [2.05, 4.69) is 0 Å². The van der Waals surface area contributed by atoms with E-state index in [1.165, 1.54) is 0 Å². The van der Waals surface area contributed by atoms with Gasteiger partial charge in [-0.05, 0) is 13.3 Å². The van der Waals surface area contributed by atoms with E-state index < -0.39 is 0 Å². The smallest absolute Gasteiger partial charge is 0.222 e. The van der Waals surface area contributed by atoms with Crippen LogP contribution < -0.4 is 5.73 Å². The van der Waals surface area contributed by atoms with Crippen LogP contribution in [0.4, 0.5) is 0 Å². The van der Waals surface area contributed by atoms with Crippen molar-refractivity contribution in [1.82, 2.24) is 4.90 Å². The molecule has 0 heterocycles. The summed E-state index contributed by atoms with van der Waals surface area (Å²) in [4.78, 5) is 13.6. The second-order valence-corrected chi connectivity index (χ2v) is 3.86. The quantitative estimate of drug-likeness (QED) is 0.500. The van der Waals surface area contributed by atoms with Gasteiger partial charge in [0.15, 0.2) is 0 Å². The highest BCUT2D eigenvalue weighted by Crippen LogP contribution is 1.97. The molecule has 0 aliphatic carbocycles. The molecule has 0 saturated heterocycles. The molecular weight excluding hydrogens is 212 g/mol. The van der Waals surface area contributed by atoms with Gasteiger partial charge in [-0.15, -0.1) is 0 Å². The minimum atomic E-state index is 0.117. The molecule has 0 aromatic heterocycles. The van der Waals surface area contributed by atoms with Crippen molar-refractivity contribution in [3.63, 3.8) is 0 Å². The zero-order valence-electron chi connectivity index (χ0n) is 9.49. The molecule has 0 radical (unpaired) electrons. The van der Waals surface area contributed by atoms with Gasteiger partial charge in [0.2, 0.25) is 5.91 Å². The summed E-state index contributed by atoms with van der Waals surface area (Å²) in [6.45, 7) is 3.88. The van der Waals surface area contributed by atoms with Crippen LogP contribution in [-0.2, 0) is 9.53 Å². The number of ether oxygens (including phenoxy) is 1. The molecule has 0 aromatic rings. The highest BCUT2D eigenvalue weighted by Gasteiger charge is 2.07. The third kappa shape index (κ3) is 8.32. The Morgan fingerprint density at radius 2 is 2.13 bits per heavy atom. The molecule has 0 aromatic carbocycles. The average Bonchev–Trinajstić information content (AvgIpc) is 2.20. The van der Waals surface area contributed by atoms with Crippen LogP contribution in [-0.4, -0.2) is 42.6 Å². The van der Waals surface area contributed by atoms with Crippen LogP contribution in [0.15, 0.2) is 0 Å². The summed E-state index contributed by atoms with van der Waals surface area (Å²) >= 11 is 4.74. The molecule has 0 saturated carbocycles. The molecule has 0 spiro atoms. The van der Waals surface area contributed by atoms with E-state index in [1.54, 1.807) is 11.9 Å². The highest BCUT2D eigenvalue weighted by atomic mass is 32.1. The van der Waals surface area contributed by atoms with Gasteiger partial charge in [-0.2, -0.15) is 0 Å². The summed E-state index contributed by atoms with van der Waals surface area (Å²) in [5.74, 6) is 0.117. The van der Waals surface area contributed by atoms with Gasteiger partial charge in [0.1, 0.15) is 0 Å². The zero-order valence-corrected chi connectivity index (χ0v) is 10.3. The summed E-state index contributed by atoms with van der Waals surface area (Å²) in [5.41, 5.74) is 5.35. The van der Waals surface area contributed by atoms with Gasteiger partial charge in [-0.1, -0.05) is 12.2 Å². The standard InChI is InChI=1S/C10H20N2O2S/c1-3-14-8-4-5-10(13)12(2)7-6-9(11)15/h3-8H2,1-2H3,(H2,11,15). The van der Waals surface area contributed by atoms with E-state index in [-0.39, 0.29) is 5.91 Å². The first-order chi connectivity index (χ1) is 7.07. The highest BCUT2D eigenvalue weighted by molar-refractivity contribution is 7.80. The van der Waals surface area contributed by atoms with Crippen LogP contribution in [0.2, 0.25) is 0 Å². The fourth-order valence-corrected chi connectivity index (χ4v) is 1.15. The Labute approximate surface area is 96.8 Å². The number of nitrogens with zero attached hydrogens (tertiary/aromatic N) is 1. The van der Waals surface area contributed by atoms with Gasteiger partial charge in [0, 0.05) is 39.6 Å². The van der Waals surface area contributed by atoms with Crippen molar-refractivity contribution in [1.29, 1.82) is 0 Å². The maximum Gasteiger partial charge on any atom is 0.222 e. The molecule has 2 N–H and O–H groups in total. The number of hydrogen-bond donors (Lipinski definition) is 1. The number of carbonyl (C=O) groups is 1. The van der Waals surface area contributed by atoms with Crippen molar-refractivity contribution in [2.45, 2.75) is 26.2 Å². The van der Waals surface area contributed by atoms with Crippen LogP contribution in [0, 0.1) is 0 Å². The first-order valence-electron chi connectivity index (χ1n) is 5.18. The predicted molar refractivity (Wildman–Crippen MR) is 64.8 cm³/mol. The number of amides is 1. The summed E-state index contributed by atoms with van der Waals surface area (Å²) < 4.78 is 5.15. The van der Waals surface area contributed by atoms with Gasteiger partial charge >= 0.3 is 0 Å². The number of carbonyl (C=O) groups excluding carboxylic acids is 1. The van der Waals surface area contributed by atoms with Crippen molar-refractivity contribution >= 4 is 23.1 Å². The molecule has 0 rings (SSSR count). The lowest BCUT2D eigenvalue weighted by Gasteiger charge is -2.16. The average molecular weight is 232 g/mol. The first-order valence-corrected chi connectivity index (χ1v) is 5.58. The molecule has 88 valence electrons. The number of thiocarbonyl (C=S) groups is 1. The lowest BCUT2D eigenvalue weighted by Crippen LogP contribution is -2.30. The van der Waals surface area contributed by atoms with Crippen LogP contribution in [0.5, 0.6) is 0 Å². The van der Waals surface area contributed by atoms with E-state index in [0.717, 1.165) is 6.42 Å². The first kappa shape index (κ1) is 14.3. The zero-order chi connectivity index (χ0) is 11.7. The summed E-state index contributed by atoms with van der Waals surface area (Å²) in [7, 11) is 1.77. The van der Waals surface area contributed by atoms with Gasteiger partial charge in [0.25, 0.3) is 0 Å². The van der Waals surface area contributed by atoms with Gasteiger partial charge in [-0.25, -0.2) is 0 Å². The van der Waals surface area contributed by atoms with Crippen LogP contribution in [0.25, 0.3) is 0 Å². The van der Waals surface area contributed by atoms with Crippen molar-refractivity contribution < 1.29 is 9.53 Å². The van der Waals surface area contributed by atoms with Crippen LogP contribution in [0.3, 0.4) is 0 Å². The van der Waals surface area contributed by atoms with Crippen molar-refractivity contribution in [2.75, 3.05) is 26.8 Å². The van der Waals surface area contributed by atoms with Gasteiger partial charge < -0.3 is 15.4 Å². The van der Waals surface area contributed by atoms with Crippen molar-refractivity contribution in [3.05, 3.63) is 0 Å². The monoisotopic (exact) mass is 232 g/mol. The molecule has 0 unspecified atom stereocenters.